The smallest absolute Gasteiger partial charge is 0.259 e. The predicted octanol–water partition coefficient (Wildman–Crippen LogP) is 2.44. The summed E-state index contributed by atoms with van der Waals surface area (Å²) in [4.78, 5) is 22.0. The molecule has 0 atom stereocenters. The third-order valence-corrected chi connectivity index (χ3v) is 4.75. The van der Waals surface area contributed by atoms with Crippen LogP contribution in [0.15, 0.2) is 4.79 Å². The topological polar surface area (TPSA) is 55.0 Å². The Hall–Kier alpha value is -1.20. The molecule has 1 N–H and O–H groups in total. The zero-order valence-electron chi connectivity index (χ0n) is 11.1. The minimum atomic E-state index is 0.0240. The molecule has 0 aliphatic heterocycles. The predicted molar refractivity (Wildman–Crippen MR) is 77.1 cm³/mol. The first kappa shape index (κ1) is 12.8. The van der Waals surface area contributed by atoms with Crippen molar-refractivity contribution in [3.63, 3.8) is 0 Å². The molecular formula is C14H18N2O2S. The van der Waals surface area contributed by atoms with Crippen LogP contribution in [0, 0.1) is 0 Å². The number of thiophene rings is 1. The summed E-state index contributed by atoms with van der Waals surface area (Å²) in [5, 5.41) is 0.833. The number of rotatable bonds is 4. The van der Waals surface area contributed by atoms with Gasteiger partial charge >= 0.3 is 0 Å². The van der Waals surface area contributed by atoms with Crippen molar-refractivity contribution in [1.82, 2.24) is 9.97 Å². The molecule has 2 aromatic heterocycles. The van der Waals surface area contributed by atoms with Crippen molar-refractivity contribution >= 4 is 21.6 Å². The number of aryl methyl sites for hydroxylation is 2. The molecule has 4 nitrogen and oxygen atoms in total. The van der Waals surface area contributed by atoms with Crippen LogP contribution in [-0.2, 0) is 24.0 Å². The summed E-state index contributed by atoms with van der Waals surface area (Å²) in [5.41, 5.74) is 1.27. The standard InChI is InChI=1S/C14H18N2O2S/c1-2-18-8-7-11-15-13(17)12-9-5-3-4-6-10(9)19-14(12)16-11/h2-8H2,1H3,(H,15,16,17). The van der Waals surface area contributed by atoms with Crippen molar-refractivity contribution in [1.29, 1.82) is 0 Å². The molecule has 0 unspecified atom stereocenters. The van der Waals surface area contributed by atoms with Gasteiger partial charge in [-0.25, -0.2) is 4.98 Å². The molecule has 19 heavy (non-hydrogen) atoms. The second-order valence-electron chi connectivity index (χ2n) is 4.85. The van der Waals surface area contributed by atoms with Crippen LogP contribution in [0.4, 0.5) is 0 Å². The fourth-order valence-electron chi connectivity index (χ4n) is 2.64. The third kappa shape index (κ3) is 2.44. The average molecular weight is 278 g/mol. The van der Waals surface area contributed by atoms with Crippen LogP contribution < -0.4 is 5.56 Å². The Balaban J connectivity index is 1.99. The lowest BCUT2D eigenvalue weighted by Crippen LogP contribution is -2.14. The number of nitrogens with one attached hydrogen (secondary N) is 1. The molecule has 0 saturated carbocycles. The van der Waals surface area contributed by atoms with E-state index in [0.717, 1.165) is 28.9 Å². The summed E-state index contributed by atoms with van der Waals surface area (Å²) < 4.78 is 5.31. The molecule has 0 aromatic carbocycles. The molecule has 0 saturated heterocycles. The number of hydrogen-bond donors (Lipinski definition) is 1. The maximum atomic E-state index is 12.2. The maximum absolute atomic E-state index is 12.2. The van der Waals surface area contributed by atoms with E-state index in [-0.39, 0.29) is 5.56 Å². The number of aromatic nitrogens is 2. The Morgan fingerprint density at radius 2 is 2.21 bits per heavy atom. The van der Waals surface area contributed by atoms with Crippen LogP contribution in [0.5, 0.6) is 0 Å². The van der Waals surface area contributed by atoms with E-state index in [1.807, 2.05) is 6.92 Å². The molecule has 0 amide bonds. The lowest BCUT2D eigenvalue weighted by Gasteiger charge is -2.09. The Morgan fingerprint density at radius 3 is 3.05 bits per heavy atom. The van der Waals surface area contributed by atoms with Crippen LogP contribution in [0.25, 0.3) is 10.2 Å². The molecule has 0 radical (unpaired) electrons. The van der Waals surface area contributed by atoms with Gasteiger partial charge < -0.3 is 9.72 Å². The van der Waals surface area contributed by atoms with Gasteiger partial charge in [0.25, 0.3) is 5.56 Å². The summed E-state index contributed by atoms with van der Waals surface area (Å²) in [6.45, 7) is 3.27. The fourth-order valence-corrected chi connectivity index (χ4v) is 3.92. The Morgan fingerprint density at radius 1 is 1.37 bits per heavy atom. The number of H-pyrrole nitrogens is 1. The fraction of sp³-hybridized carbons (Fsp3) is 0.571. The summed E-state index contributed by atoms with van der Waals surface area (Å²) >= 11 is 1.70. The van der Waals surface area contributed by atoms with E-state index < -0.39 is 0 Å². The zero-order valence-corrected chi connectivity index (χ0v) is 11.9. The third-order valence-electron chi connectivity index (χ3n) is 3.56. The van der Waals surface area contributed by atoms with Gasteiger partial charge in [-0.2, -0.15) is 0 Å². The Labute approximate surface area is 115 Å². The van der Waals surface area contributed by atoms with Crippen molar-refractivity contribution in [2.75, 3.05) is 13.2 Å². The van der Waals surface area contributed by atoms with Crippen LogP contribution in [-0.4, -0.2) is 23.2 Å². The van der Waals surface area contributed by atoms with Gasteiger partial charge in [-0.15, -0.1) is 11.3 Å². The molecule has 102 valence electrons. The van der Waals surface area contributed by atoms with Crippen LogP contribution in [0.2, 0.25) is 0 Å². The second kappa shape index (κ2) is 5.43. The number of fused-ring (bicyclic) bond motifs is 3. The van der Waals surface area contributed by atoms with E-state index in [0.29, 0.717) is 19.6 Å². The van der Waals surface area contributed by atoms with Gasteiger partial charge in [0.2, 0.25) is 0 Å². The second-order valence-corrected chi connectivity index (χ2v) is 5.93. The largest absolute Gasteiger partial charge is 0.381 e. The number of ether oxygens (including phenoxy) is 1. The highest BCUT2D eigenvalue weighted by atomic mass is 32.1. The van der Waals surface area contributed by atoms with E-state index in [4.69, 9.17) is 4.74 Å². The number of nitrogens with zero attached hydrogens (tertiary/aromatic N) is 1. The summed E-state index contributed by atoms with van der Waals surface area (Å²) in [5.74, 6) is 0.740. The van der Waals surface area contributed by atoms with Gasteiger partial charge in [-0.3, -0.25) is 4.79 Å². The highest BCUT2D eigenvalue weighted by molar-refractivity contribution is 7.18. The van der Waals surface area contributed by atoms with Crippen molar-refractivity contribution in [2.24, 2.45) is 0 Å². The molecule has 1 aliphatic carbocycles. The molecule has 5 heteroatoms. The van der Waals surface area contributed by atoms with Crippen molar-refractivity contribution < 1.29 is 4.74 Å². The SMILES string of the molecule is CCOCCc1nc2sc3c(c2c(=O)[nH]1)CCCC3. The van der Waals surface area contributed by atoms with Gasteiger partial charge in [0.1, 0.15) is 10.7 Å². The summed E-state index contributed by atoms with van der Waals surface area (Å²) in [6, 6.07) is 0. The molecule has 2 heterocycles. The monoisotopic (exact) mass is 278 g/mol. The molecular weight excluding hydrogens is 260 g/mol. The highest BCUT2D eigenvalue weighted by Crippen LogP contribution is 2.33. The minimum absolute atomic E-state index is 0.0240. The Kier molecular flexibility index (Phi) is 3.66. The first-order valence-electron chi connectivity index (χ1n) is 6.90. The first-order chi connectivity index (χ1) is 9.29. The van der Waals surface area contributed by atoms with Crippen LogP contribution in [0.1, 0.15) is 36.0 Å². The number of aromatic amines is 1. The van der Waals surface area contributed by atoms with Crippen molar-refractivity contribution in [3.8, 4) is 0 Å². The van der Waals surface area contributed by atoms with Crippen molar-refractivity contribution in [3.05, 3.63) is 26.6 Å². The summed E-state index contributed by atoms with van der Waals surface area (Å²) in [6.07, 6.45) is 5.21. The lowest BCUT2D eigenvalue weighted by atomic mass is 9.97. The number of hydrogen-bond acceptors (Lipinski definition) is 4. The van der Waals surface area contributed by atoms with E-state index >= 15 is 0 Å². The normalized spacial score (nSPS) is 14.8. The van der Waals surface area contributed by atoms with E-state index in [1.165, 1.54) is 23.3 Å². The van der Waals surface area contributed by atoms with Gasteiger partial charge in [0, 0.05) is 17.9 Å². The summed E-state index contributed by atoms with van der Waals surface area (Å²) in [7, 11) is 0. The maximum Gasteiger partial charge on any atom is 0.259 e. The lowest BCUT2D eigenvalue weighted by molar-refractivity contribution is 0.149. The first-order valence-corrected chi connectivity index (χ1v) is 7.72. The Bertz CT molecular complexity index is 645. The van der Waals surface area contributed by atoms with Gasteiger partial charge in [0.15, 0.2) is 0 Å². The van der Waals surface area contributed by atoms with Gasteiger partial charge in [0.05, 0.1) is 12.0 Å². The molecule has 0 bridgehead atoms. The van der Waals surface area contributed by atoms with Crippen LogP contribution in [0.3, 0.4) is 0 Å². The minimum Gasteiger partial charge on any atom is -0.381 e. The van der Waals surface area contributed by atoms with E-state index in [9.17, 15) is 4.79 Å². The highest BCUT2D eigenvalue weighted by Gasteiger charge is 2.19. The molecule has 2 aromatic rings. The van der Waals surface area contributed by atoms with Crippen molar-refractivity contribution in [2.45, 2.75) is 39.0 Å². The molecule has 3 rings (SSSR count). The van der Waals surface area contributed by atoms with Gasteiger partial charge in [-0.1, -0.05) is 0 Å². The molecule has 0 spiro atoms. The molecule has 1 aliphatic rings. The van der Waals surface area contributed by atoms with E-state index in [1.54, 1.807) is 11.3 Å². The van der Waals surface area contributed by atoms with E-state index in [2.05, 4.69) is 9.97 Å². The average Bonchev–Trinajstić information content (AvgIpc) is 2.77. The van der Waals surface area contributed by atoms with Gasteiger partial charge in [-0.05, 0) is 38.2 Å². The quantitative estimate of drug-likeness (QED) is 0.874. The van der Waals surface area contributed by atoms with Crippen LogP contribution >= 0.6 is 11.3 Å². The zero-order chi connectivity index (χ0) is 13.2. The molecule has 0 fully saturated rings.